The highest BCUT2D eigenvalue weighted by molar-refractivity contribution is 5.71. The van der Waals surface area contributed by atoms with E-state index < -0.39 is 6.10 Å². The molecule has 0 N–H and O–H groups in total. The van der Waals surface area contributed by atoms with Gasteiger partial charge in [-0.25, -0.2) is 0 Å². The lowest BCUT2D eigenvalue weighted by Gasteiger charge is -2.18. The number of unbranched alkanes of at least 4 members (excludes halogenated alkanes) is 23. The molecule has 0 bridgehead atoms. The Morgan fingerprint density at radius 1 is 0.284 bits per heavy atom. The van der Waals surface area contributed by atoms with Crippen molar-refractivity contribution in [3.8, 4) is 0 Å². The van der Waals surface area contributed by atoms with Crippen LogP contribution in [-0.4, -0.2) is 37.2 Å². The van der Waals surface area contributed by atoms with Gasteiger partial charge in [0.25, 0.3) is 0 Å². The summed E-state index contributed by atoms with van der Waals surface area (Å²) in [5, 5.41) is 0. The van der Waals surface area contributed by atoms with E-state index in [9.17, 15) is 14.4 Å². The van der Waals surface area contributed by atoms with Crippen LogP contribution in [0.2, 0.25) is 0 Å². The van der Waals surface area contributed by atoms with Crippen LogP contribution < -0.4 is 0 Å². The Bertz CT molecular complexity index is 1550. The molecular formula is C68H112O6. The highest BCUT2D eigenvalue weighted by Gasteiger charge is 2.19. The molecule has 0 aliphatic heterocycles. The molecule has 0 amide bonds. The topological polar surface area (TPSA) is 78.9 Å². The van der Waals surface area contributed by atoms with Gasteiger partial charge in [-0.15, -0.1) is 0 Å². The summed E-state index contributed by atoms with van der Waals surface area (Å²) < 4.78 is 16.8. The fraction of sp³-hybridized carbons (Fsp3) is 0.662. The van der Waals surface area contributed by atoms with Gasteiger partial charge in [0.05, 0.1) is 0 Å². The second kappa shape index (κ2) is 61.4. The van der Waals surface area contributed by atoms with E-state index in [0.29, 0.717) is 19.3 Å². The molecule has 0 aromatic carbocycles. The predicted molar refractivity (Wildman–Crippen MR) is 320 cm³/mol. The van der Waals surface area contributed by atoms with E-state index in [0.717, 1.165) is 116 Å². The highest BCUT2D eigenvalue weighted by Crippen LogP contribution is 2.15. The Kier molecular flexibility index (Phi) is 57.9. The number of carbonyl (C=O) groups excluding carboxylic acids is 3. The number of rotatable bonds is 54. The monoisotopic (exact) mass is 1020 g/mol. The third-order valence-corrected chi connectivity index (χ3v) is 12.7. The summed E-state index contributed by atoms with van der Waals surface area (Å²) in [6, 6.07) is 0. The second-order valence-corrected chi connectivity index (χ2v) is 19.9. The summed E-state index contributed by atoms with van der Waals surface area (Å²) in [5.74, 6) is -0.981. The summed E-state index contributed by atoms with van der Waals surface area (Å²) >= 11 is 0. The zero-order valence-corrected chi connectivity index (χ0v) is 48.1. The van der Waals surface area contributed by atoms with Crippen LogP contribution in [0, 0.1) is 0 Å². The molecule has 0 aromatic rings. The lowest BCUT2D eigenvalue weighted by molar-refractivity contribution is -0.167. The van der Waals surface area contributed by atoms with Crippen LogP contribution in [0.25, 0.3) is 0 Å². The number of carbonyl (C=O) groups is 3. The maximum absolute atomic E-state index is 12.9. The average Bonchev–Trinajstić information content (AvgIpc) is 3.40. The molecule has 0 aromatic heterocycles. The summed E-state index contributed by atoms with van der Waals surface area (Å²) in [7, 11) is 0. The predicted octanol–water partition coefficient (Wildman–Crippen LogP) is 20.8. The fourth-order valence-electron chi connectivity index (χ4n) is 8.09. The SMILES string of the molecule is CC/C=C\C/C=C\C/C=C\C/C=C\C/C=C\C/C=C\C/C=C\CCCC(=O)OCC(COC(=O)CCCCCCC/C=C\C/C=C\CCCC)OC(=O)CCCCCCCCCCC/C=C\CCCCCCCC. The van der Waals surface area contributed by atoms with E-state index in [-0.39, 0.29) is 37.5 Å². The van der Waals surface area contributed by atoms with Crippen LogP contribution in [0.4, 0.5) is 0 Å². The minimum Gasteiger partial charge on any atom is -0.462 e. The van der Waals surface area contributed by atoms with Crippen LogP contribution in [0.5, 0.6) is 0 Å². The summed E-state index contributed by atoms with van der Waals surface area (Å²) in [4.78, 5) is 38.2. The summed E-state index contributed by atoms with van der Waals surface area (Å²) in [6.45, 7) is 6.43. The summed E-state index contributed by atoms with van der Waals surface area (Å²) in [6.07, 6.45) is 84.8. The lowest BCUT2D eigenvalue weighted by Crippen LogP contribution is -2.30. The average molecular weight is 1030 g/mol. The van der Waals surface area contributed by atoms with Crippen LogP contribution >= 0.6 is 0 Å². The molecule has 6 heteroatoms. The molecule has 0 rings (SSSR count). The second-order valence-electron chi connectivity index (χ2n) is 19.9. The van der Waals surface area contributed by atoms with Crippen molar-refractivity contribution in [3.05, 3.63) is 122 Å². The molecule has 74 heavy (non-hydrogen) atoms. The molecule has 0 spiro atoms. The first-order chi connectivity index (χ1) is 36.5. The smallest absolute Gasteiger partial charge is 0.306 e. The van der Waals surface area contributed by atoms with Crippen molar-refractivity contribution in [2.24, 2.45) is 0 Å². The van der Waals surface area contributed by atoms with E-state index in [1.807, 2.05) is 0 Å². The van der Waals surface area contributed by atoms with Gasteiger partial charge in [0, 0.05) is 19.3 Å². The first-order valence-electron chi connectivity index (χ1n) is 30.5. The molecule has 0 aliphatic carbocycles. The summed E-state index contributed by atoms with van der Waals surface area (Å²) in [5.41, 5.74) is 0. The minimum absolute atomic E-state index is 0.106. The van der Waals surface area contributed by atoms with Crippen LogP contribution in [0.1, 0.15) is 271 Å². The third-order valence-electron chi connectivity index (χ3n) is 12.7. The molecule has 0 saturated heterocycles. The molecule has 1 unspecified atom stereocenters. The Balaban J connectivity index is 4.49. The van der Waals surface area contributed by atoms with E-state index in [1.54, 1.807) is 0 Å². The van der Waals surface area contributed by atoms with Gasteiger partial charge in [0.15, 0.2) is 6.10 Å². The van der Waals surface area contributed by atoms with E-state index in [1.165, 1.54) is 109 Å². The Labute approximate surface area is 456 Å². The lowest BCUT2D eigenvalue weighted by atomic mass is 10.1. The molecule has 0 aliphatic rings. The van der Waals surface area contributed by atoms with Gasteiger partial charge in [0.1, 0.15) is 13.2 Å². The van der Waals surface area contributed by atoms with Crippen molar-refractivity contribution in [1.29, 1.82) is 0 Å². The number of hydrogen-bond donors (Lipinski definition) is 0. The van der Waals surface area contributed by atoms with E-state index >= 15 is 0 Å². The largest absolute Gasteiger partial charge is 0.462 e. The van der Waals surface area contributed by atoms with Crippen molar-refractivity contribution >= 4 is 17.9 Å². The zero-order valence-electron chi connectivity index (χ0n) is 48.1. The van der Waals surface area contributed by atoms with Gasteiger partial charge in [-0.2, -0.15) is 0 Å². The number of ether oxygens (including phenoxy) is 3. The van der Waals surface area contributed by atoms with E-state index in [2.05, 4.69) is 142 Å². The van der Waals surface area contributed by atoms with Crippen molar-refractivity contribution in [3.63, 3.8) is 0 Å². The quantitative estimate of drug-likeness (QED) is 0.0261. The third kappa shape index (κ3) is 58.7. The molecule has 0 saturated carbocycles. The first-order valence-corrected chi connectivity index (χ1v) is 30.5. The highest BCUT2D eigenvalue weighted by atomic mass is 16.6. The van der Waals surface area contributed by atoms with Crippen molar-refractivity contribution < 1.29 is 28.6 Å². The van der Waals surface area contributed by atoms with Crippen molar-refractivity contribution in [2.75, 3.05) is 13.2 Å². The van der Waals surface area contributed by atoms with Gasteiger partial charge >= 0.3 is 17.9 Å². The Morgan fingerprint density at radius 3 is 0.932 bits per heavy atom. The number of allylic oxidation sites excluding steroid dienone is 20. The minimum atomic E-state index is -0.813. The van der Waals surface area contributed by atoms with E-state index in [4.69, 9.17) is 14.2 Å². The van der Waals surface area contributed by atoms with Gasteiger partial charge in [-0.1, -0.05) is 251 Å². The molecule has 1 atom stereocenters. The van der Waals surface area contributed by atoms with Gasteiger partial charge < -0.3 is 14.2 Å². The Morgan fingerprint density at radius 2 is 0.554 bits per heavy atom. The normalized spacial score (nSPS) is 13.0. The standard InChI is InChI=1S/C68H112O6/c1-4-7-10-13-16-19-22-25-28-30-32-33-34-35-37-38-40-43-46-49-52-55-58-61-67(70)73-64-65(63-72-66(69)60-57-54-51-48-45-42-27-24-21-18-15-12-9-6-3)74-68(71)62-59-56-53-50-47-44-41-39-36-31-29-26-23-20-17-14-11-8-5-2/h7,10,15-16,18-19,24-29,32-33,35,37,40,43,49,52,65H,4-6,8-9,11-14,17,20-23,30-31,34,36,38-39,41-42,44-48,50-51,53-64H2,1-3H3/b10-7-,18-15-,19-16-,27-24-,28-25-,29-26-,33-32-,37-35-,43-40-,52-49-. The van der Waals surface area contributed by atoms with Gasteiger partial charge in [-0.3, -0.25) is 14.4 Å². The van der Waals surface area contributed by atoms with Crippen molar-refractivity contribution in [2.45, 2.75) is 277 Å². The molecule has 0 radical (unpaired) electrons. The molecular weight excluding hydrogens is 913 g/mol. The maximum Gasteiger partial charge on any atom is 0.306 e. The molecule has 6 nitrogen and oxygen atoms in total. The molecule has 0 heterocycles. The van der Waals surface area contributed by atoms with Crippen LogP contribution in [-0.2, 0) is 28.6 Å². The van der Waals surface area contributed by atoms with Crippen LogP contribution in [0.15, 0.2) is 122 Å². The van der Waals surface area contributed by atoms with Gasteiger partial charge in [0.2, 0.25) is 0 Å². The van der Waals surface area contributed by atoms with Crippen LogP contribution in [0.3, 0.4) is 0 Å². The fourth-order valence-corrected chi connectivity index (χ4v) is 8.09. The zero-order chi connectivity index (χ0) is 53.6. The van der Waals surface area contributed by atoms with Gasteiger partial charge in [-0.05, 0) is 122 Å². The van der Waals surface area contributed by atoms with Crippen molar-refractivity contribution in [1.82, 2.24) is 0 Å². The number of hydrogen-bond acceptors (Lipinski definition) is 6. The Hall–Kier alpha value is -4.19. The maximum atomic E-state index is 12.9. The number of esters is 3. The first kappa shape index (κ1) is 69.8. The molecule has 420 valence electrons. The molecule has 0 fully saturated rings.